The van der Waals surface area contributed by atoms with Gasteiger partial charge >= 0.3 is 6.09 Å². The molecule has 222 valence electrons. The molecular weight excluding hydrogens is 507 g/mol. The monoisotopic (exact) mass is 554 g/mol. The van der Waals surface area contributed by atoms with Gasteiger partial charge in [0.25, 0.3) is 0 Å². The molecule has 1 aromatic carbocycles. The van der Waals surface area contributed by atoms with Crippen LogP contribution in [0.2, 0.25) is 0 Å². The van der Waals surface area contributed by atoms with E-state index in [1.165, 1.54) is 11.3 Å². The highest BCUT2D eigenvalue weighted by molar-refractivity contribution is 5.92. The quantitative estimate of drug-likeness (QED) is 0.254. The van der Waals surface area contributed by atoms with E-state index in [0.717, 1.165) is 18.5 Å². The third kappa shape index (κ3) is 19.1. The van der Waals surface area contributed by atoms with E-state index in [9.17, 15) is 23.6 Å². The number of halogens is 1. The molecule has 0 bridgehead atoms. The van der Waals surface area contributed by atoms with Gasteiger partial charge in [-0.1, -0.05) is 71.4 Å². The first kappa shape index (κ1) is 37.5. The lowest BCUT2D eigenvalue weighted by Crippen LogP contribution is -2.49. The molecule has 0 aliphatic carbocycles. The Bertz CT molecular complexity index is 850. The van der Waals surface area contributed by atoms with Crippen LogP contribution >= 0.6 is 0 Å². The minimum Gasteiger partial charge on any atom is -0.445 e. The Morgan fingerprint density at radius 3 is 2.18 bits per heavy atom. The summed E-state index contributed by atoms with van der Waals surface area (Å²) < 4.78 is 17.2. The van der Waals surface area contributed by atoms with E-state index < -0.39 is 43.0 Å². The fourth-order valence-electron chi connectivity index (χ4n) is 2.95. The summed E-state index contributed by atoms with van der Waals surface area (Å²) in [6.07, 6.45) is 2.58. The second kappa shape index (κ2) is 24.6. The van der Waals surface area contributed by atoms with Gasteiger partial charge in [0.15, 0.2) is 11.7 Å². The van der Waals surface area contributed by atoms with Crippen molar-refractivity contribution < 1.29 is 28.3 Å². The molecule has 1 aliphatic rings. The molecule has 1 unspecified atom stereocenters. The van der Waals surface area contributed by atoms with Gasteiger partial charge in [0, 0.05) is 13.1 Å². The summed E-state index contributed by atoms with van der Waals surface area (Å²) in [7, 11) is 0. The van der Waals surface area contributed by atoms with E-state index in [0.29, 0.717) is 19.4 Å². The minimum atomic E-state index is -1.15. The number of hydrogen-bond acceptors (Lipinski definition) is 6. The van der Waals surface area contributed by atoms with Crippen molar-refractivity contribution in [2.75, 3.05) is 32.9 Å². The highest BCUT2D eigenvalue weighted by atomic mass is 19.1. The molecule has 11 nitrogen and oxygen atoms in total. The number of alkyl carbamates (subject to hydrolysis) is 1. The van der Waals surface area contributed by atoms with Crippen LogP contribution in [0.1, 0.15) is 65.9 Å². The Labute approximate surface area is 231 Å². The number of guanidine groups is 1. The largest absolute Gasteiger partial charge is 0.445 e. The number of hydrogen-bond donors (Lipinski definition) is 4. The highest BCUT2D eigenvalue weighted by Crippen LogP contribution is 2.17. The molecule has 1 aliphatic heterocycles. The zero-order chi connectivity index (χ0) is 30.1. The van der Waals surface area contributed by atoms with Crippen molar-refractivity contribution in [3.8, 4) is 0 Å². The van der Waals surface area contributed by atoms with Crippen LogP contribution in [0.3, 0.4) is 0 Å². The smallest absolute Gasteiger partial charge is 0.407 e. The summed E-state index contributed by atoms with van der Waals surface area (Å²) in [6.45, 7) is 9.60. The van der Waals surface area contributed by atoms with Crippen LogP contribution in [0, 0.1) is 0 Å². The second-order valence-electron chi connectivity index (χ2n) is 8.06. The van der Waals surface area contributed by atoms with Crippen molar-refractivity contribution in [1.82, 2.24) is 15.5 Å². The normalized spacial score (nSPS) is 13.1. The Morgan fingerprint density at radius 1 is 1.05 bits per heavy atom. The summed E-state index contributed by atoms with van der Waals surface area (Å²) >= 11 is 0. The third-order valence-corrected chi connectivity index (χ3v) is 4.60. The van der Waals surface area contributed by atoms with Gasteiger partial charge in [-0.05, 0) is 24.8 Å². The number of ketones is 1. The van der Waals surface area contributed by atoms with Gasteiger partial charge in [-0.15, -0.1) is 0 Å². The van der Waals surface area contributed by atoms with Crippen LogP contribution in [-0.4, -0.2) is 73.4 Å². The van der Waals surface area contributed by atoms with Crippen LogP contribution in [0.25, 0.3) is 0 Å². The first-order chi connectivity index (χ1) is 18.7. The van der Waals surface area contributed by atoms with Gasteiger partial charge in [-0.2, -0.15) is 0 Å². The van der Waals surface area contributed by atoms with Crippen molar-refractivity contribution in [3.05, 3.63) is 35.9 Å². The first-order valence-corrected chi connectivity index (χ1v) is 13.3. The summed E-state index contributed by atoms with van der Waals surface area (Å²) in [5.41, 5.74) is 10.8. The summed E-state index contributed by atoms with van der Waals surface area (Å²) in [4.78, 5) is 52.1. The fourth-order valence-corrected chi connectivity index (χ4v) is 2.95. The number of ether oxygens (including phenoxy) is 1. The minimum absolute atomic E-state index is 0.0816. The number of rotatable bonds is 10. The number of aliphatic imine (C=N–C) groups is 1. The van der Waals surface area contributed by atoms with Gasteiger partial charge in [-0.25, -0.2) is 9.18 Å². The number of amides is 3. The molecule has 12 heteroatoms. The van der Waals surface area contributed by atoms with Crippen molar-refractivity contribution in [3.63, 3.8) is 0 Å². The Morgan fingerprint density at radius 2 is 1.67 bits per heavy atom. The summed E-state index contributed by atoms with van der Waals surface area (Å²) in [5, 5.41) is 4.69. The standard InChI is InChI=1S/C18H22FN3O5.C4H11N3.C3H8.C2H6/c19-9-14(23)10-20-17(25)15-7-4-8-22(15)16(24)11-21-18(26)27-12-13-5-2-1-3-6-13;1-2-3-7-4(5)6;1-3-2;1-2/h1-3,5-6,15H,4,7-12H2,(H,20,25)(H,21,26);2-3H2,1H3,(H4,5,6,7);3H2,1-2H3;1-2H3. The van der Waals surface area contributed by atoms with Gasteiger partial charge in [0.2, 0.25) is 11.8 Å². The Kier molecular flexibility index (Phi) is 23.6. The molecule has 1 fully saturated rings. The van der Waals surface area contributed by atoms with Crippen molar-refractivity contribution >= 4 is 29.7 Å². The van der Waals surface area contributed by atoms with Crippen LogP contribution < -0.4 is 22.1 Å². The molecule has 1 saturated heterocycles. The topological polar surface area (TPSA) is 169 Å². The Hall–Kier alpha value is -3.70. The lowest BCUT2D eigenvalue weighted by atomic mass is 10.2. The maximum Gasteiger partial charge on any atom is 0.407 e. The average molecular weight is 555 g/mol. The van der Waals surface area contributed by atoms with Crippen LogP contribution in [0.4, 0.5) is 9.18 Å². The molecule has 0 saturated carbocycles. The molecule has 39 heavy (non-hydrogen) atoms. The molecule has 2 rings (SSSR count). The van der Waals surface area contributed by atoms with E-state index in [1.54, 1.807) is 12.1 Å². The highest BCUT2D eigenvalue weighted by Gasteiger charge is 2.34. The number of likely N-dealkylation sites (tertiary alicyclic amines) is 1. The average Bonchev–Trinajstić information content (AvgIpc) is 3.45. The van der Waals surface area contributed by atoms with Crippen molar-refractivity contribution in [2.24, 2.45) is 16.5 Å². The molecule has 1 atom stereocenters. The number of carbonyl (C=O) groups excluding carboxylic acids is 4. The predicted octanol–water partition coefficient (Wildman–Crippen LogP) is 2.67. The van der Waals surface area contributed by atoms with E-state index in [1.807, 2.05) is 39.0 Å². The Balaban J connectivity index is 0. The maximum atomic E-state index is 12.3. The number of Topliss-reactive ketones (excluding diaryl/α,β-unsaturated/α-hetero) is 1. The van der Waals surface area contributed by atoms with Gasteiger partial charge < -0.3 is 31.7 Å². The van der Waals surface area contributed by atoms with Crippen molar-refractivity contribution in [2.45, 2.75) is 73.0 Å². The molecular formula is C27H47FN6O5. The third-order valence-electron chi connectivity index (χ3n) is 4.60. The summed E-state index contributed by atoms with van der Waals surface area (Å²) in [5.74, 6) is -1.49. The number of nitrogens with two attached hydrogens (primary N) is 2. The molecule has 1 aromatic rings. The number of nitrogens with one attached hydrogen (secondary N) is 2. The molecule has 0 spiro atoms. The summed E-state index contributed by atoms with van der Waals surface area (Å²) in [6, 6.07) is 8.36. The number of alkyl halides is 1. The molecule has 0 radical (unpaired) electrons. The molecule has 6 N–H and O–H groups in total. The number of carbonyl (C=O) groups is 4. The SMILES string of the molecule is CC.CCC.CCCN=C(N)N.O=C(CF)CNC(=O)C1CCCN1C(=O)CNC(=O)OCc1ccccc1. The van der Waals surface area contributed by atoms with Gasteiger partial charge in [-0.3, -0.25) is 19.4 Å². The number of nitrogens with zero attached hydrogens (tertiary/aromatic N) is 2. The van der Waals surface area contributed by atoms with Gasteiger partial charge in [0.1, 0.15) is 25.9 Å². The van der Waals surface area contributed by atoms with E-state index in [4.69, 9.17) is 16.2 Å². The van der Waals surface area contributed by atoms with Crippen LogP contribution in [-0.2, 0) is 25.7 Å². The van der Waals surface area contributed by atoms with Gasteiger partial charge in [0.05, 0.1) is 6.54 Å². The van der Waals surface area contributed by atoms with E-state index in [2.05, 4.69) is 29.5 Å². The fraction of sp³-hybridized carbons (Fsp3) is 0.593. The molecule has 0 aromatic heterocycles. The number of benzene rings is 1. The van der Waals surface area contributed by atoms with E-state index in [-0.39, 0.29) is 19.1 Å². The molecule has 3 amide bonds. The first-order valence-electron chi connectivity index (χ1n) is 13.3. The lowest BCUT2D eigenvalue weighted by Gasteiger charge is -2.23. The second-order valence-corrected chi connectivity index (χ2v) is 8.06. The van der Waals surface area contributed by atoms with Crippen LogP contribution in [0.5, 0.6) is 0 Å². The zero-order valence-corrected chi connectivity index (χ0v) is 24.0. The molecule has 1 heterocycles. The maximum absolute atomic E-state index is 12.3. The lowest BCUT2D eigenvalue weighted by molar-refractivity contribution is -0.138. The van der Waals surface area contributed by atoms with Crippen LogP contribution in [0.15, 0.2) is 35.3 Å². The predicted molar refractivity (Wildman–Crippen MR) is 152 cm³/mol. The van der Waals surface area contributed by atoms with E-state index >= 15 is 0 Å². The van der Waals surface area contributed by atoms with Crippen molar-refractivity contribution in [1.29, 1.82) is 0 Å². The zero-order valence-electron chi connectivity index (χ0n) is 24.0.